The molecule has 2 fully saturated rings. The number of fused-ring (bicyclic) bond motifs is 3. The lowest BCUT2D eigenvalue weighted by Crippen LogP contribution is -2.74. The van der Waals surface area contributed by atoms with Gasteiger partial charge in [0.2, 0.25) is 0 Å². The summed E-state index contributed by atoms with van der Waals surface area (Å²) in [6, 6.07) is 9.34. The molecular formula is C30H31N3O4. The van der Waals surface area contributed by atoms with E-state index in [-0.39, 0.29) is 17.7 Å². The summed E-state index contributed by atoms with van der Waals surface area (Å²) in [5.41, 5.74) is 4.23. The number of aromatic nitrogens is 1. The summed E-state index contributed by atoms with van der Waals surface area (Å²) >= 11 is 0. The van der Waals surface area contributed by atoms with Crippen LogP contribution in [-0.4, -0.2) is 50.7 Å². The summed E-state index contributed by atoms with van der Waals surface area (Å²) in [6.45, 7) is 5.92. The molecule has 3 aliphatic heterocycles. The zero-order valence-electron chi connectivity index (χ0n) is 21.2. The van der Waals surface area contributed by atoms with Crippen LogP contribution in [0.4, 0.5) is 5.69 Å². The van der Waals surface area contributed by atoms with E-state index in [1.807, 2.05) is 38.1 Å². The maximum Gasteiger partial charge on any atom is 0.256 e. The first-order chi connectivity index (χ1) is 18.0. The molecule has 6 aliphatic rings. The molecule has 4 atom stereocenters. The number of benzene rings is 2. The quantitative estimate of drug-likeness (QED) is 0.491. The van der Waals surface area contributed by atoms with Gasteiger partial charge in [0.1, 0.15) is 0 Å². The van der Waals surface area contributed by atoms with Crippen molar-refractivity contribution in [3.63, 3.8) is 0 Å². The predicted molar refractivity (Wildman–Crippen MR) is 139 cm³/mol. The molecule has 1 saturated carbocycles. The van der Waals surface area contributed by atoms with E-state index in [9.17, 15) is 15.0 Å². The Morgan fingerprint density at radius 2 is 2.05 bits per heavy atom. The summed E-state index contributed by atoms with van der Waals surface area (Å²) in [7, 11) is 0. The van der Waals surface area contributed by atoms with Crippen LogP contribution in [0, 0.1) is 5.92 Å². The van der Waals surface area contributed by atoms with Gasteiger partial charge in [0, 0.05) is 35.5 Å². The third-order valence-corrected chi connectivity index (χ3v) is 9.84. The van der Waals surface area contributed by atoms with Gasteiger partial charge in [-0.1, -0.05) is 26.0 Å². The second kappa shape index (κ2) is 7.03. The lowest BCUT2D eigenvalue weighted by atomic mass is 9.48. The third kappa shape index (κ3) is 2.45. The average Bonchev–Trinajstić information content (AvgIpc) is 3.55. The molecular weight excluding hydrogens is 466 g/mol. The number of aromatic hydroxyl groups is 1. The number of carbonyl (C=O) groups is 1. The molecule has 4 heterocycles. The molecule has 1 saturated heterocycles. The molecule has 1 spiro atoms. The summed E-state index contributed by atoms with van der Waals surface area (Å²) in [6.07, 6.45) is 3.92. The van der Waals surface area contributed by atoms with E-state index in [1.54, 1.807) is 6.07 Å². The number of anilines is 1. The number of carbonyl (C=O) groups excluding carboxylic acids is 1. The maximum absolute atomic E-state index is 12.9. The number of nitrogens with zero attached hydrogens (tertiary/aromatic N) is 2. The number of hydrogen-bond acceptors (Lipinski definition) is 6. The number of piperidine rings is 1. The molecule has 3 N–H and O–H groups in total. The van der Waals surface area contributed by atoms with Crippen molar-refractivity contribution in [3.8, 4) is 11.5 Å². The zero-order chi connectivity index (χ0) is 25.3. The van der Waals surface area contributed by atoms with Crippen molar-refractivity contribution >= 4 is 22.5 Å². The van der Waals surface area contributed by atoms with E-state index in [4.69, 9.17) is 9.72 Å². The fourth-order valence-electron chi connectivity index (χ4n) is 8.20. The fraction of sp³-hybridized carbons (Fsp3) is 0.467. The van der Waals surface area contributed by atoms with Crippen molar-refractivity contribution in [1.82, 2.24) is 9.88 Å². The van der Waals surface area contributed by atoms with Gasteiger partial charge in [-0.25, -0.2) is 4.98 Å². The van der Waals surface area contributed by atoms with E-state index >= 15 is 0 Å². The molecule has 2 bridgehead atoms. The Bertz CT molecular complexity index is 1530. The lowest BCUT2D eigenvalue weighted by molar-refractivity contribution is -0.173. The van der Waals surface area contributed by atoms with Crippen LogP contribution in [-0.2, 0) is 18.3 Å². The molecule has 1 aromatic heterocycles. The monoisotopic (exact) mass is 497 g/mol. The standard InChI is InChI=1S/C28H25N3O4.C2H6/c32-18-7-6-14-10-19-28(34)11-16-22-20-15(26(33)30-22)2-1-3-17(20)29-23(16)25-27(28,21(14)24(18)35-25)8-9-31(19)12-13-4-5-13;1-2/h1-3,6-7,13,19,25,32,34H,4-5,8-12H2,(H,30,33);1-2H3/t19-,25+,27+,28-;/m1./s1. The molecule has 0 unspecified atom stereocenters. The van der Waals surface area contributed by atoms with Crippen LogP contribution >= 0.6 is 0 Å². The number of pyridine rings is 1. The van der Waals surface area contributed by atoms with Crippen LogP contribution in [0.3, 0.4) is 0 Å². The van der Waals surface area contributed by atoms with Crippen LogP contribution in [0.1, 0.15) is 72.0 Å². The molecule has 0 radical (unpaired) electrons. The topological polar surface area (TPSA) is 94.9 Å². The molecule has 7 nitrogen and oxygen atoms in total. The van der Waals surface area contributed by atoms with Crippen LogP contribution in [0.25, 0.3) is 10.9 Å². The van der Waals surface area contributed by atoms with E-state index in [2.05, 4.69) is 10.2 Å². The Kier molecular flexibility index (Phi) is 4.15. The highest BCUT2D eigenvalue weighted by Crippen LogP contribution is 2.69. The Balaban J connectivity index is 0.00000105. The van der Waals surface area contributed by atoms with Crippen molar-refractivity contribution in [1.29, 1.82) is 0 Å². The van der Waals surface area contributed by atoms with Gasteiger partial charge in [-0.3, -0.25) is 9.69 Å². The molecule has 3 aliphatic carbocycles. The van der Waals surface area contributed by atoms with Gasteiger partial charge in [-0.2, -0.15) is 0 Å². The summed E-state index contributed by atoms with van der Waals surface area (Å²) in [4.78, 5) is 20.4. The second-order valence-electron chi connectivity index (χ2n) is 11.4. The van der Waals surface area contributed by atoms with Gasteiger partial charge in [0.25, 0.3) is 5.91 Å². The number of aliphatic hydroxyl groups is 1. The van der Waals surface area contributed by atoms with Crippen molar-refractivity contribution in [3.05, 3.63) is 58.3 Å². The first-order valence-corrected chi connectivity index (χ1v) is 13.7. The van der Waals surface area contributed by atoms with Gasteiger partial charge in [0.05, 0.1) is 33.5 Å². The number of ether oxygens (including phenoxy) is 1. The van der Waals surface area contributed by atoms with E-state index in [0.29, 0.717) is 17.7 Å². The second-order valence-corrected chi connectivity index (χ2v) is 11.4. The molecule has 3 aromatic rings. The van der Waals surface area contributed by atoms with Crippen molar-refractivity contribution in [2.75, 3.05) is 18.4 Å². The first-order valence-electron chi connectivity index (χ1n) is 13.7. The van der Waals surface area contributed by atoms with Gasteiger partial charge < -0.3 is 20.3 Å². The number of nitrogens with one attached hydrogen (secondary N) is 1. The smallest absolute Gasteiger partial charge is 0.256 e. The SMILES string of the molecule is CC.O=C1Nc2c3c(nc4cccc1c24)[C@@H]1Oc2c(O)ccc4c2[C@@]12CCN(CC1CC1)[C@H](C4)[C@]2(O)C3. The van der Waals surface area contributed by atoms with E-state index < -0.39 is 17.1 Å². The normalized spacial score (nSPS) is 31.7. The van der Waals surface area contributed by atoms with Crippen LogP contribution in [0.2, 0.25) is 0 Å². The summed E-state index contributed by atoms with van der Waals surface area (Å²) in [5, 5.41) is 27.7. The first kappa shape index (κ1) is 21.9. The van der Waals surface area contributed by atoms with Crippen LogP contribution in [0.5, 0.6) is 11.5 Å². The fourth-order valence-corrected chi connectivity index (χ4v) is 8.20. The predicted octanol–water partition coefficient (Wildman–Crippen LogP) is 4.23. The summed E-state index contributed by atoms with van der Waals surface area (Å²) in [5.74, 6) is 1.23. The molecule has 190 valence electrons. The van der Waals surface area contributed by atoms with Gasteiger partial charge in [-0.05, 0) is 61.9 Å². The average molecular weight is 498 g/mol. The Hall–Kier alpha value is -3.16. The van der Waals surface area contributed by atoms with Gasteiger partial charge in [-0.15, -0.1) is 0 Å². The van der Waals surface area contributed by atoms with Crippen LogP contribution in [0.15, 0.2) is 30.3 Å². The summed E-state index contributed by atoms with van der Waals surface area (Å²) < 4.78 is 6.62. The highest BCUT2D eigenvalue weighted by Gasteiger charge is 2.73. The Labute approximate surface area is 215 Å². The Morgan fingerprint density at radius 1 is 1.22 bits per heavy atom. The van der Waals surface area contributed by atoms with Crippen molar-refractivity contribution in [2.24, 2.45) is 5.92 Å². The van der Waals surface area contributed by atoms with E-state index in [1.165, 1.54) is 18.4 Å². The minimum Gasteiger partial charge on any atom is -0.504 e. The minimum absolute atomic E-state index is 0.0469. The highest BCUT2D eigenvalue weighted by atomic mass is 16.5. The number of phenolic OH excluding ortho intramolecular Hbond substituents is 1. The van der Waals surface area contributed by atoms with E-state index in [0.717, 1.165) is 65.3 Å². The zero-order valence-corrected chi connectivity index (χ0v) is 21.2. The van der Waals surface area contributed by atoms with Gasteiger partial charge in [0.15, 0.2) is 17.6 Å². The number of amides is 1. The number of phenols is 1. The van der Waals surface area contributed by atoms with Crippen molar-refractivity contribution in [2.45, 2.75) is 69.1 Å². The largest absolute Gasteiger partial charge is 0.504 e. The number of likely N-dealkylation sites (tertiary alicyclic amines) is 1. The van der Waals surface area contributed by atoms with Crippen LogP contribution < -0.4 is 10.1 Å². The molecule has 37 heavy (non-hydrogen) atoms. The van der Waals surface area contributed by atoms with Crippen molar-refractivity contribution < 1.29 is 19.7 Å². The number of rotatable bonds is 2. The Morgan fingerprint density at radius 3 is 2.86 bits per heavy atom. The van der Waals surface area contributed by atoms with Gasteiger partial charge >= 0.3 is 0 Å². The molecule has 9 rings (SSSR count). The molecule has 1 amide bonds. The highest BCUT2D eigenvalue weighted by molar-refractivity contribution is 6.24. The maximum atomic E-state index is 12.9. The lowest BCUT2D eigenvalue weighted by Gasteiger charge is -2.63. The molecule has 2 aromatic carbocycles. The molecule has 7 heteroatoms. The minimum atomic E-state index is -1.09. The third-order valence-electron chi connectivity index (χ3n) is 9.84. The number of hydrogen-bond donors (Lipinski definition) is 3.